The van der Waals surface area contributed by atoms with Gasteiger partial charge in [0.05, 0.1) is 42.7 Å². The average molecular weight is 1570 g/mol. The second-order valence-electron chi connectivity index (χ2n) is 37.1. The molecule has 8 heterocycles. The van der Waals surface area contributed by atoms with Crippen molar-refractivity contribution in [2.75, 3.05) is 116 Å². The number of ether oxygens (including phenoxy) is 1. The molecular formula is C92H117F5N10O7. The maximum Gasteiger partial charge on any atom is 0.240 e. The normalized spacial score (nSPS) is 23.9. The standard InChI is InChI=1S/C33H44FN3O3.C30H37F2N3O2.C29H36F2N4O2/c1-20(2)37-29-16-22(4)21(3)15-27(29)33(31(37)39)11-13-35(14-12-33)30(38)26-19-36(32(5,6)7)18-25(26)24-10-9-23(40-8)17-28(24)34;1-29(2,3)35-17-23(21-10-9-19(31)15-26(21)32)24(18-35)28(37)34-13-11-30(12-14-34)16-22(27(36)33-4)20-7-5-6-8-25(20)30;1-28(2,3)34-16-21(20-9-8-19(30)14-24(20)31)22(17-34)27(37)33-12-10-29(11-13-33)18-35(26(36)15-32)25-7-5-4-6-23(25)29/h9-10,15-17,20,25-26H,11-14,18-19H2,1-8H3;5-10,15,22-24H,11-14,16-18H2,1-4H3,(H,33,36);4-9,14,21-22H,10-13,15-18,32H2,1-3H3/t25-,26+;22-,23+,24-;21-,22+/m010/s1. The van der Waals surface area contributed by atoms with Crippen LogP contribution in [-0.2, 0) is 45.0 Å². The largest absolute Gasteiger partial charge is 0.497 e. The van der Waals surface area contributed by atoms with E-state index in [-0.39, 0.29) is 117 Å². The number of likely N-dealkylation sites (N-methyl/N-ethyl adjacent to an activating group) is 1. The summed E-state index contributed by atoms with van der Waals surface area (Å²) in [5.74, 6) is -4.23. The summed E-state index contributed by atoms with van der Waals surface area (Å²) in [7, 11) is 3.21. The van der Waals surface area contributed by atoms with Gasteiger partial charge in [-0.15, -0.1) is 0 Å². The molecule has 0 unspecified atom stereocenters. The van der Waals surface area contributed by atoms with Crippen molar-refractivity contribution in [1.29, 1.82) is 0 Å². The van der Waals surface area contributed by atoms with Gasteiger partial charge in [-0.3, -0.25) is 43.5 Å². The summed E-state index contributed by atoms with van der Waals surface area (Å²) in [6.45, 7) is 34.6. The highest BCUT2D eigenvalue weighted by atomic mass is 19.1. The molecule has 17 nitrogen and oxygen atoms in total. The van der Waals surface area contributed by atoms with Gasteiger partial charge in [-0.25, -0.2) is 22.0 Å². The first-order valence-electron chi connectivity index (χ1n) is 41.1. The lowest BCUT2D eigenvalue weighted by molar-refractivity contribution is -0.139. The van der Waals surface area contributed by atoms with Crippen molar-refractivity contribution in [3.8, 4) is 5.75 Å². The Bertz CT molecular complexity index is 4450. The van der Waals surface area contributed by atoms with Crippen molar-refractivity contribution in [3.05, 3.63) is 194 Å². The number of halogens is 5. The molecule has 8 aliphatic heterocycles. The molecule has 7 atom stereocenters. The summed E-state index contributed by atoms with van der Waals surface area (Å²) in [4.78, 5) is 97.5. The highest BCUT2D eigenvalue weighted by Crippen LogP contribution is 2.55. The molecule has 1 aliphatic carbocycles. The Morgan fingerprint density at radius 2 is 0.930 bits per heavy atom. The molecular weight excluding hydrogens is 1450 g/mol. The van der Waals surface area contributed by atoms with Crippen LogP contribution in [0.4, 0.5) is 33.3 Å². The van der Waals surface area contributed by atoms with E-state index in [0.717, 1.165) is 72.3 Å². The fourth-order valence-corrected chi connectivity index (χ4v) is 20.4. The van der Waals surface area contributed by atoms with Gasteiger partial charge >= 0.3 is 0 Å². The van der Waals surface area contributed by atoms with E-state index in [2.05, 4.69) is 140 Å². The van der Waals surface area contributed by atoms with Crippen LogP contribution in [0.25, 0.3) is 0 Å². The molecule has 6 aromatic carbocycles. The molecule has 22 heteroatoms. The van der Waals surface area contributed by atoms with Gasteiger partial charge < -0.3 is 40.3 Å². The van der Waals surface area contributed by atoms with Gasteiger partial charge in [0.25, 0.3) is 0 Å². The van der Waals surface area contributed by atoms with Gasteiger partial charge in [-0.1, -0.05) is 66.7 Å². The smallest absolute Gasteiger partial charge is 0.240 e. The van der Waals surface area contributed by atoms with E-state index in [1.54, 1.807) is 24.1 Å². The molecule has 0 aromatic heterocycles. The predicted octanol–water partition coefficient (Wildman–Crippen LogP) is 13.8. The second kappa shape index (κ2) is 32.1. The fourth-order valence-electron chi connectivity index (χ4n) is 20.4. The van der Waals surface area contributed by atoms with Crippen LogP contribution in [0.3, 0.4) is 0 Å². The Morgan fingerprint density at radius 1 is 0.509 bits per heavy atom. The van der Waals surface area contributed by atoms with Crippen LogP contribution in [0.2, 0.25) is 0 Å². The van der Waals surface area contributed by atoms with Gasteiger partial charge in [-0.2, -0.15) is 0 Å². The van der Waals surface area contributed by atoms with Crippen molar-refractivity contribution in [2.45, 2.75) is 198 Å². The monoisotopic (exact) mass is 1570 g/mol. The summed E-state index contributed by atoms with van der Waals surface area (Å²) >= 11 is 0. The van der Waals surface area contributed by atoms with Gasteiger partial charge in [0, 0.05) is 173 Å². The van der Waals surface area contributed by atoms with Gasteiger partial charge in [0.1, 0.15) is 34.8 Å². The van der Waals surface area contributed by atoms with E-state index in [1.807, 2.05) is 49.9 Å². The van der Waals surface area contributed by atoms with E-state index in [4.69, 9.17) is 10.5 Å². The minimum Gasteiger partial charge on any atom is -0.497 e. The Kier molecular flexibility index (Phi) is 23.5. The van der Waals surface area contributed by atoms with Crippen LogP contribution < -0.4 is 25.6 Å². The summed E-state index contributed by atoms with van der Waals surface area (Å²) in [5, 5.41) is 2.82. The minimum atomic E-state index is -0.616. The number of methoxy groups -OCH3 is 1. The Labute approximate surface area is 670 Å². The number of rotatable bonds is 10. The number of hydrogen-bond acceptors (Lipinski definition) is 11. The van der Waals surface area contributed by atoms with Crippen molar-refractivity contribution in [3.63, 3.8) is 0 Å². The topological polar surface area (TPSA) is 176 Å². The molecule has 0 radical (unpaired) electrons. The maximum atomic E-state index is 15.3. The lowest BCUT2D eigenvalue weighted by atomic mass is 9.72. The molecule has 114 heavy (non-hydrogen) atoms. The number of likely N-dealkylation sites (tertiary alicyclic amines) is 6. The third kappa shape index (κ3) is 15.8. The summed E-state index contributed by atoms with van der Waals surface area (Å²) in [6, 6.07) is 33.0. The number of anilines is 2. The highest BCUT2D eigenvalue weighted by Gasteiger charge is 2.57. The van der Waals surface area contributed by atoms with Gasteiger partial charge in [0.15, 0.2) is 0 Å². The number of nitrogens with one attached hydrogen (secondary N) is 1. The van der Waals surface area contributed by atoms with E-state index < -0.39 is 34.6 Å². The van der Waals surface area contributed by atoms with Crippen molar-refractivity contribution in [2.24, 2.45) is 23.5 Å². The van der Waals surface area contributed by atoms with E-state index in [9.17, 15) is 46.3 Å². The summed E-state index contributed by atoms with van der Waals surface area (Å²) in [6.07, 6.45) is 5.06. The summed E-state index contributed by atoms with van der Waals surface area (Å²) < 4.78 is 77.5. The van der Waals surface area contributed by atoms with Gasteiger partial charge in [0.2, 0.25) is 35.4 Å². The molecule has 0 saturated carbocycles. The van der Waals surface area contributed by atoms with Crippen LogP contribution in [0.15, 0.2) is 115 Å². The number of carbonyl (C=O) groups is 6. The number of para-hydroxylation sites is 1. The number of aryl methyl sites for hydroxylation is 2. The number of piperidine rings is 3. The molecule has 612 valence electrons. The van der Waals surface area contributed by atoms with Gasteiger partial charge in [-0.05, 0) is 215 Å². The molecule has 6 saturated heterocycles. The molecule has 6 amide bonds. The first-order valence-corrected chi connectivity index (χ1v) is 41.1. The third-order valence-corrected chi connectivity index (χ3v) is 27.4. The number of fused-ring (bicyclic) bond motifs is 6. The molecule has 3 N–H and O–H groups in total. The molecule has 0 bridgehead atoms. The molecule has 3 spiro atoms. The Hall–Kier alpha value is -8.57. The second-order valence-corrected chi connectivity index (χ2v) is 37.1. The third-order valence-electron chi connectivity index (χ3n) is 27.4. The first-order chi connectivity index (χ1) is 53.9. The van der Waals surface area contributed by atoms with Crippen LogP contribution in [0.5, 0.6) is 5.75 Å². The minimum absolute atomic E-state index is 0.0245. The molecule has 6 fully saturated rings. The number of nitrogens with two attached hydrogens (primary N) is 1. The van der Waals surface area contributed by atoms with E-state index >= 15 is 4.39 Å². The van der Waals surface area contributed by atoms with Crippen LogP contribution in [0.1, 0.15) is 195 Å². The lowest BCUT2D eigenvalue weighted by Gasteiger charge is -2.41. The average Bonchev–Trinajstić information content (AvgIpc) is 1.57. The van der Waals surface area contributed by atoms with Crippen molar-refractivity contribution < 1.29 is 55.5 Å². The van der Waals surface area contributed by atoms with Crippen molar-refractivity contribution >= 4 is 46.8 Å². The maximum absolute atomic E-state index is 15.3. The van der Waals surface area contributed by atoms with E-state index in [1.165, 1.54) is 54.1 Å². The molecule has 15 rings (SSSR count). The SMILES string of the molecule is CC(C)(C)N1C[C@@H](C(=O)N2CCC3(CC2)CN(C(=O)CN)c2ccccc23)[C@H](c2ccc(F)cc2F)C1.CNC(=O)[C@@H]1CC2(CCN(C(=O)[C@@H]3CN(C(C)(C)C)C[C@H]3c3ccc(F)cc3F)CC2)c2ccccc21.COc1ccc([C@@H]2CN(C(C)(C)C)C[C@H]2C(=O)N2CCC3(CC2)C(=O)N(C(C)C)c2cc(C)c(C)cc23)c(F)c1. The first kappa shape index (κ1) is 83.4. The van der Waals surface area contributed by atoms with Crippen LogP contribution in [0, 0.1) is 60.7 Å². The number of carbonyl (C=O) groups excluding carboxylic acids is 6. The van der Waals surface area contributed by atoms with Crippen molar-refractivity contribution in [1.82, 2.24) is 34.7 Å². The lowest BCUT2D eigenvalue weighted by Crippen LogP contribution is -2.52. The fraction of sp³-hybridized carbons (Fsp3) is 0.543. The Morgan fingerprint density at radius 3 is 1.36 bits per heavy atom. The Balaban J connectivity index is 0.000000149. The van der Waals surface area contributed by atoms with Crippen LogP contribution >= 0.6 is 0 Å². The zero-order valence-electron chi connectivity index (χ0n) is 69.3. The number of nitrogens with zero attached hydrogens (tertiary/aromatic N) is 8. The highest BCUT2D eigenvalue weighted by molar-refractivity contribution is 6.09. The number of hydrogen-bond donors (Lipinski definition) is 2. The summed E-state index contributed by atoms with van der Waals surface area (Å²) in [5.41, 5.74) is 14.6. The van der Waals surface area contributed by atoms with Crippen LogP contribution in [-0.4, -0.2) is 193 Å². The zero-order valence-corrected chi connectivity index (χ0v) is 69.3. The quantitative estimate of drug-likeness (QED) is 0.125. The zero-order chi connectivity index (χ0) is 82.2. The van der Waals surface area contributed by atoms with E-state index in [0.29, 0.717) is 120 Å². The number of benzene rings is 6. The number of amides is 6. The molecule has 9 aliphatic rings. The predicted molar refractivity (Wildman–Crippen MR) is 435 cm³/mol. The molecule has 6 aromatic rings.